The third-order valence-corrected chi connectivity index (χ3v) is 3.56. The van der Waals surface area contributed by atoms with Crippen molar-refractivity contribution in [3.8, 4) is 11.5 Å². The summed E-state index contributed by atoms with van der Waals surface area (Å²) in [6.07, 6.45) is 1.49. The number of hydrazone groups is 1. The van der Waals surface area contributed by atoms with Crippen LogP contribution in [-0.4, -0.2) is 25.2 Å². The zero-order valence-electron chi connectivity index (χ0n) is 13.1. The van der Waals surface area contributed by atoms with E-state index < -0.39 is 5.97 Å². The Morgan fingerprint density at radius 1 is 1.17 bits per heavy atom. The maximum atomic E-state index is 11.9. The summed E-state index contributed by atoms with van der Waals surface area (Å²) in [5, 5.41) is 3.91. The number of carbonyl (C=O) groups is 2. The first kappa shape index (κ1) is 17.7. The summed E-state index contributed by atoms with van der Waals surface area (Å²) in [5.41, 5.74) is 3.64. The van der Waals surface area contributed by atoms with Gasteiger partial charge >= 0.3 is 5.97 Å². The highest BCUT2D eigenvalue weighted by molar-refractivity contribution is 9.10. The highest BCUT2D eigenvalue weighted by Gasteiger charge is 2.05. The average Bonchev–Trinajstić information content (AvgIpc) is 2.57. The molecule has 1 amide bonds. The fourth-order valence-corrected chi connectivity index (χ4v) is 2.28. The van der Waals surface area contributed by atoms with Crippen molar-refractivity contribution in [2.45, 2.75) is 6.92 Å². The summed E-state index contributed by atoms with van der Waals surface area (Å²) in [6.45, 7) is 1.33. The normalized spacial score (nSPS) is 10.5. The molecule has 0 spiro atoms. The number of rotatable bonds is 5. The van der Waals surface area contributed by atoms with Crippen molar-refractivity contribution >= 4 is 34.0 Å². The van der Waals surface area contributed by atoms with Crippen LogP contribution in [0.2, 0.25) is 0 Å². The molecule has 2 aromatic rings. The number of esters is 1. The first-order valence-electron chi connectivity index (χ1n) is 6.95. The van der Waals surface area contributed by atoms with Crippen LogP contribution in [0.3, 0.4) is 0 Å². The second-order valence-electron chi connectivity index (χ2n) is 4.71. The van der Waals surface area contributed by atoms with Crippen molar-refractivity contribution in [2.75, 3.05) is 7.11 Å². The van der Waals surface area contributed by atoms with Gasteiger partial charge in [-0.05, 0) is 64.0 Å². The first-order chi connectivity index (χ1) is 11.5. The molecule has 6 nitrogen and oxygen atoms in total. The Hall–Kier alpha value is -2.67. The predicted molar refractivity (Wildman–Crippen MR) is 93.5 cm³/mol. The van der Waals surface area contributed by atoms with E-state index in [4.69, 9.17) is 9.47 Å². The van der Waals surface area contributed by atoms with E-state index in [9.17, 15) is 9.59 Å². The SMILES string of the molecule is COc1ccc(C(=O)N/N=C\c2ccc(OC(C)=O)c(Br)c2)cc1. The van der Waals surface area contributed by atoms with E-state index in [1.807, 2.05) is 0 Å². The predicted octanol–water partition coefficient (Wildman–Crippen LogP) is 3.15. The molecule has 0 bridgehead atoms. The molecule has 24 heavy (non-hydrogen) atoms. The van der Waals surface area contributed by atoms with E-state index in [2.05, 4.69) is 26.5 Å². The molecule has 0 radical (unpaired) electrons. The van der Waals surface area contributed by atoms with Gasteiger partial charge in [-0.2, -0.15) is 5.10 Å². The van der Waals surface area contributed by atoms with Gasteiger partial charge in [-0.3, -0.25) is 9.59 Å². The molecule has 2 aromatic carbocycles. The van der Waals surface area contributed by atoms with Crippen LogP contribution < -0.4 is 14.9 Å². The molecule has 0 unspecified atom stereocenters. The maximum absolute atomic E-state index is 11.9. The largest absolute Gasteiger partial charge is 0.497 e. The average molecular weight is 391 g/mol. The minimum Gasteiger partial charge on any atom is -0.497 e. The van der Waals surface area contributed by atoms with E-state index in [1.165, 1.54) is 13.1 Å². The van der Waals surface area contributed by atoms with Gasteiger partial charge in [0.15, 0.2) is 0 Å². The molecule has 0 atom stereocenters. The number of methoxy groups -OCH3 is 1. The number of hydrogen-bond donors (Lipinski definition) is 1. The van der Waals surface area contributed by atoms with Crippen LogP contribution in [0.25, 0.3) is 0 Å². The Balaban J connectivity index is 1.99. The number of carbonyl (C=O) groups excluding carboxylic acids is 2. The summed E-state index contributed by atoms with van der Waals surface area (Å²) in [5.74, 6) is 0.364. The van der Waals surface area contributed by atoms with Crippen molar-refractivity contribution in [3.63, 3.8) is 0 Å². The van der Waals surface area contributed by atoms with Crippen molar-refractivity contribution in [2.24, 2.45) is 5.10 Å². The lowest BCUT2D eigenvalue weighted by Crippen LogP contribution is -2.17. The van der Waals surface area contributed by atoms with Crippen LogP contribution in [0.1, 0.15) is 22.8 Å². The van der Waals surface area contributed by atoms with Gasteiger partial charge in [0.1, 0.15) is 11.5 Å². The standard InChI is InChI=1S/C17H15BrN2O4/c1-11(21)24-16-8-3-12(9-15(16)18)10-19-20-17(22)13-4-6-14(23-2)7-5-13/h3-10H,1-2H3,(H,20,22)/b19-10-. The van der Waals surface area contributed by atoms with Gasteiger partial charge in [0.2, 0.25) is 0 Å². The van der Waals surface area contributed by atoms with E-state index in [1.54, 1.807) is 49.6 Å². The third-order valence-electron chi connectivity index (χ3n) is 2.94. The molecule has 0 fully saturated rings. The van der Waals surface area contributed by atoms with Gasteiger partial charge in [-0.1, -0.05) is 0 Å². The smallest absolute Gasteiger partial charge is 0.308 e. The van der Waals surface area contributed by atoms with E-state index >= 15 is 0 Å². The highest BCUT2D eigenvalue weighted by Crippen LogP contribution is 2.25. The molecule has 2 rings (SSSR count). The van der Waals surface area contributed by atoms with Gasteiger partial charge < -0.3 is 9.47 Å². The molecule has 0 saturated carbocycles. The van der Waals surface area contributed by atoms with Crippen LogP contribution in [-0.2, 0) is 4.79 Å². The Labute approximate surface area is 147 Å². The molecule has 0 aliphatic heterocycles. The van der Waals surface area contributed by atoms with Gasteiger partial charge in [0.25, 0.3) is 5.91 Å². The van der Waals surface area contributed by atoms with Crippen molar-refractivity contribution in [1.29, 1.82) is 0 Å². The highest BCUT2D eigenvalue weighted by atomic mass is 79.9. The fraction of sp³-hybridized carbons (Fsp3) is 0.118. The summed E-state index contributed by atoms with van der Waals surface area (Å²) in [6, 6.07) is 11.8. The van der Waals surface area contributed by atoms with Crippen molar-refractivity contribution < 1.29 is 19.1 Å². The number of ether oxygens (including phenoxy) is 2. The molecule has 0 aliphatic carbocycles. The van der Waals surface area contributed by atoms with Crippen molar-refractivity contribution in [1.82, 2.24) is 5.43 Å². The molecule has 0 aromatic heterocycles. The zero-order chi connectivity index (χ0) is 17.5. The van der Waals surface area contributed by atoms with Crippen LogP contribution in [0.4, 0.5) is 0 Å². The molecule has 7 heteroatoms. The van der Waals surface area contributed by atoms with Gasteiger partial charge in [-0.15, -0.1) is 0 Å². The minimum absolute atomic E-state index is 0.329. The molecule has 0 saturated heterocycles. The zero-order valence-corrected chi connectivity index (χ0v) is 14.7. The van der Waals surface area contributed by atoms with E-state index in [-0.39, 0.29) is 5.91 Å². The molecule has 0 aliphatic rings. The number of benzene rings is 2. The lowest BCUT2D eigenvalue weighted by molar-refractivity contribution is -0.131. The molecular formula is C17H15BrN2O4. The van der Waals surface area contributed by atoms with Crippen molar-refractivity contribution in [3.05, 3.63) is 58.1 Å². The summed E-state index contributed by atoms with van der Waals surface area (Å²) in [4.78, 5) is 22.9. The number of hydrogen-bond acceptors (Lipinski definition) is 5. The number of nitrogens with zero attached hydrogens (tertiary/aromatic N) is 1. The van der Waals surface area contributed by atoms with E-state index in [0.717, 1.165) is 5.56 Å². The molecule has 124 valence electrons. The number of nitrogens with one attached hydrogen (secondary N) is 1. The topological polar surface area (TPSA) is 77.0 Å². The Kier molecular flexibility index (Phi) is 6.08. The monoisotopic (exact) mass is 390 g/mol. The molecule has 0 heterocycles. The number of halogens is 1. The molecular weight excluding hydrogens is 376 g/mol. The quantitative estimate of drug-likeness (QED) is 0.368. The van der Waals surface area contributed by atoms with Crippen LogP contribution >= 0.6 is 15.9 Å². The maximum Gasteiger partial charge on any atom is 0.308 e. The lowest BCUT2D eigenvalue weighted by atomic mass is 10.2. The number of amides is 1. The van der Waals surface area contributed by atoms with Gasteiger partial charge in [-0.25, -0.2) is 5.43 Å². The van der Waals surface area contributed by atoms with Gasteiger partial charge in [0, 0.05) is 12.5 Å². The van der Waals surface area contributed by atoms with Crippen LogP contribution in [0.5, 0.6) is 11.5 Å². The summed E-state index contributed by atoms with van der Waals surface area (Å²) < 4.78 is 10.7. The first-order valence-corrected chi connectivity index (χ1v) is 7.74. The Morgan fingerprint density at radius 3 is 2.46 bits per heavy atom. The Bertz CT molecular complexity index is 773. The summed E-state index contributed by atoms with van der Waals surface area (Å²) in [7, 11) is 1.56. The molecule has 1 N–H and O–H groups in total. The van der Waals surface area contributed by atoms with E-state index in [0.29, 0.717) is 21.5 Å². The Morgan fingerprint density at radius 2 is 1.88 bits per heavy atom. The second kappa shape index (κ2) is 8.26. The summed E-state index contributed by atoms with van der Waals surface area (Å²) >= 11 is 3.31. The van der Waals surface area contributed by atoms with Crippen LogP contribution in [0.15, 0.2) is 52.0 Å². The van der Waals surface area contributed by atoms with Crippen LogP contribution in [0, 0.1) is 0 Å². The fourth-order valence-electron chi connectivity index (χ4n) is 1.81. The third kappa shape index (κ3) is 4.92. The lowest BCUT2D eigenvalue weighted by Gasteiger charge is -2.04. The second-order valence-corrected chi connectivity index (χ2v) is 5.57. The van der Waals surface area contributed by atoms with Gasteiger partial charge in [0.05, 0.1) is 17.8 Å². The minimum atomic E-state index is -0.399.